The van der Waals surface area contributed by atoms with Gasteiger partial charge in [0.2, 0.25) is 17.8 Å². The zero-order valence-corrected chi connectivity index (χ0v) is 19.0. The molecular formula is C24H26N6O3. The molecule has 2 N–H and O–H groups in total. The molecule has 3 aromatic heterocycles. The average molecular weight is 447 g/mol. The first-order valence-electron chi connectivity index (χ1n) is 10.8. The van der Waals surface area contributed by atoms with Crippen LogP contribution < -0.4 is 10.6 Å². The van der Waals surface area contributed by atoms with E-state index in [4.69, 9.17) is 4.42 Å². The minimum Gasteiger partial charge on any atom is -0.463 e. The minimum atomic E-state index is -0.224. The summed E-state index contributed by atoms with van der Waals surface area (Å²) in [5.41, 5.74) is 3.21. The van der Waals surface area contributed by atoms with E-state index in [0.717, 1.165) is 11.3 Å². The lowest BCUT2D eigenvalue weighted by molar-refractivity contribution is -0.119. The predicted molar refractivity (Wildman–Crippen MR) is 126 cm³/mol. The van der Waals surface area contributed by atoms with Gasteiger partial charge in [-0.3, -0.25) is 14.9 Å². The molecule has 0 aliphatic heterocycles. The summed E-state index contributed by atoms with van der Waals surface area (Å²) in [5, 5.41) is 5.74. The molecule has 4 rings (SSSR count). The first-order chi connectivity index (χ1) is 15.8. The van der Waals surface area contributed by atoms with Crippen LogP contribution in [0.3, 0.4) is 0 Å². The van der Waals surface area contributed by atoms with Crippen LogP contribution in [-0.2, 0) is 16.1 Å². The van der Waals surface area contributed by atoms with Crippen LogP contribution in [0.1, 0.15) is 33.3 Å². The van der Waals surface area contributed by atoms with E-state index in [-0.39, 0.29) is 29.6 Å². The van der Waals surface area contributed by atoms with Crippen LogP contribution in [0, 0.1) is 11.8 Å². The van der Waals surface area contributed by atoms with Crippen molar-refractivity contribution < 1.29 is 14.0 Å². The van der Waals surface area contributed by atoms with Crippen LogP contribution in [0.4, 0.5) is 11.6 Å². The van der Waals surface area contributed by atoms with Gasteiger partial charge in [-0.25, -0.2) is 9.97 Å². The van der Waals surface area contributed by atoms with E-state index in [1.807, 2.05) is 42.7 Å². The summed E-state index contributed by atoms with van der Waals surface area (Å²) in [4.78, 5) is 38.1. The number of carbonyl (C=O) groups is 2. The van der Waals surface area contributed by atoms with Crippen LogP contribution >= 0.6 is 0 Å². The number of furan rings is 1. The van der Waals surface area contributed by atoms with Crippen molar-refractivity contribution >= 4 is 34.6 Å². The Morgan fingerprint density at radius 1 is 0.970 bits per heavy atom. The molecule has 2 amide bonds. The van der Waals surface area contributed by atoms with E-state index in [0.29, 0.717) is 29.2 Å². The highest BCUT2D eigenvalue weighted by atomic mass is 16.3. The lowest BCUT2D eigenvalue weighted by Gasteiger charge is -2.14. The smallest absolute Gasteiger partial charge is 0.232 e. The number of nitrogens with zero attached hydrogens (tertiary/aromatic N) is 4. The molecule has 0 spiro atoms. The number of carbonyl (C=O) groups excluding carboxylic acids is 2. The first-order valence-corrected chi connectivity index (χ1v) is 10.8. The second-order valence-electron chi connectivity index (χ2n) is 8.36. The molecule has 0 fully saturated rings. The van der Waals surface area contributed by atoms with Gasteiger partial charge in [0.25, 0.3) is 0 Å². The molecule has 9 nitrogen and oxygen atoms in total. The number of benzene rings is 1. The number of hydrogen-bond donors (Lipinski definition) is 2. The Labute approximate surface area is 191 Å². The maximum absolute atomic E-state index is 12.3. The SMILES string of the molecule is CC(C)C(=O)Nc1nc(-c2ccco2)c2ncn(Cc3ccccc3NC(=O)C(C)C)c2n1. The summed E-state index contributed by atoms with van der Waals surface area (Å²) in [6.45, 7) is 7.71. The molecule has 0 aliphatic rings. The predicted octanol–water partition coefficient (Wildman–Crippen LogP) is 4.32. The highest BCUT2D eigenvalue weighted by Crippen LogP contribution is 2.28. The highest BCUT2D eigenvalue weighted by molar-refractivity contribution is 5.94. The monoisotopic (exact) mass is 446 g/mol. The van der Waals surface area contributed by atoms with Crippen molar-refractivity contribution in [2.24, 2.45) is 11.8 Å². The Kier molecular flexibility index (Phi) is 6.21. The zero-order chi connectivity index (χ0) is 23.5. The number of rotatable bonds is 7. The molecule has 3 heterocycles. The van der Waals surface area contributed by atoms with E-state index in [9.17, 15) is 9.59 Å². The first kappa shape index (κ1) is 22.2. The molecule has 0 radical (unpaired) electrons. The van der Waals surface area contributed by atoms with E-state index in [2.05, 4.69) is 25.6 Å². The number of hydrogen-bond acceptors (Lipinski definition) is 6. The third-order valence-corrected chi connectivity index (χ3v) is 5.12. The van der Waals surface area contributed by atoms with E-state index in [1.54, 1.807) is 38.6 Å². The molecule has 1 aromatic carbocycles. The fourth-order valence-electron chi connectivity index (χ4n) is 3.20. The molecule has 0 saturated heterocycles. The highest BCUT2D eigenvalue weighted by Gasteiger charge is 2.19. The Morgan fingerprint density at radius 3 is 2.39 bits per heavy atom. The molecule has 0 atom stereocenters. The second kappa shape index (κ2) is 9.23. The lowest BCUT2D eigenvalue weighted by atomic mass is 10.1. The van der Waals surface area contributed by atoms with Crippen LogP contribution in [0.25, 0.3) is 22.6 Å². The number of fused-ring (bicyclic) bond motifs is 1. The lowest BCUT2D eigenvalue weighted by Crippen LogP contribution is -2.20. The fraction of sp³-hybridized carbons (Fsp3) is 0.292. The van der Waals surface area contributed by atoms with Crippen LogP contribution in [0.15, 0.2) is 53.4 Å². The summed E-state index contributed by atoms with van der Waals surface area (Å²) >= 11 is 0. The average Bonchev–Trinajstić information content (AvgIpc) is 3.45. The summed E-state index contributed by atoms with van der Waals surface area (Å²) < 4.78 is 7.40. The van der Waals surface area contributed by atoms with E-state index in [1.165, 1.54) is 0 Å². The Bertz CT molecular complexity index is 1290. The van der Waals surface area contributed by atoms with Crippen molar-refractivity contribution in [3.05, 3.63) is 54.6 Å². The third kappa shape index (κ3) is 4.77. The van der Waals surface area contributed by atoms with Gasteiger partial charge in [-0.1, -0.05) is 45.9 Å². The third-order valence-electron chi connectivity index (χ3n) is 5.12. The topological polar surface area (TPSA) is 115 Å². The van der Waals surface area contributed by atoms with Crippen LogP contribution in [0.2, 0.25) is 0 Å². The van der Waals surface area contributed by atoms with E-state index >= 15 is 0 Å². The molecule has 0 unspecified atom stereocenters. The fourth-order valence-corrected chi connectivity index (χ4v) is 3.20. The Morgan fingerprint density at radius 2 is 1.70 bits per heavy atom. The van der Waals surface area contributed by atoms with Crippen molar-refractivity contribution in [3.63, 3.8) is 0 Å². The van der Waals surface area contributed by atoms with Crippen LogP contribution in [-0.4, -0.2) is 31.3 Å². The Hall–Kier alpha value is -4.01. The summed E-state index contributed by atoms with van der Waals surface area (Å²) in [7, 11) is 0. The molecule has 4 aromatic rings. The van der Waals surface area contributed by atoms with Gasteiger partial charge >= 0.3 is 0 Å². The second-order valence-corrected chi connectivity index (χ2v) is 8.36. The van der Waals surface area contributed by atoms with Crippen molar-refractivity contribution in [2.45, 2.75) is 34.2 Å². The number of imidazole rings is 1. The molecular weight excluding hydrogens is 420 g/mol. The maximum Gasteiger partial charge on any atom is 0.232 e. The van der Waals surface area contributed by atoms with Gasteiger partial charge in [-0.2, -0.15) is 4.98 Å². The molecule has 0 saturated carbocycles. The summed E-state index contributed by atoms with van der Waals surface area (Å²) in [6.07, 6.45) is 3.22. The minimum absolute atomic E-state index is 0.0564. The van der Waals surface area contributed by atoms with Gasteiger partial charge in [-0.05, 0) is 23.8 Å². The van der Waals surface area contributed by atoms with Gasteiger partial charge in [0.1, 0.15) is 11.2 Å². The van der Waals surface area contributed by atoms with Crippen molar-refractivity contribution in [3.8, 4) is 11.5 Å². The normalized spacial score (nSPS) is 11.3. The van der Waals surface area contributed by atoms with Gasteiger partial charge in [0.15, 0.2) is 11.4 Å². The zero-order valence-electron chi connectivity index (χ0n) is 19.0. The molecule has 0 bridgehead atoms. The standard InChI is InChI=1S/C24H26N6O3/c1-14(2)22(31)26-17-9-6-5-8-16(17)12-30-13-25-20-19(18-10-7-11-33-18)27-24(28-21(20)30)29-23(32)15(3)4/h5-11,13-15H,12H2,1-4H3,(H,26,31)(H,27,28,29,32). The Balaban J connectivity index is 1.76. The van der Waals surface area contributed by atoms with Crippen LogP contribution in [0.5, 0.6) is 0 Å². The molecule has 0 aliphatic carbocycles. The quantitative estimate of drug-likeness (QED) is 0.437. The summed E-state index contributed by atoms with van der Waals surface area (Å²) in [5.74, 6) is 0.0974. The van der Waals surface area contributed by atoms with Crippen molar-refractivity contribution in [1.29, 1.82) is 0 Å². The van der Waals surface area contributed by atoms with Gasteiger partial charge < -0.3 is 14.3 Å². The van der Waals surface area contributed by atoms with Gasteiger partial charge in [0.05, 0.1) is 19.1 Å². The van der Waals surface area contributed by atoms with Crippen molar-refractivity contribution in [1.82, 2.24) is 19.5 Å². The van der Waals surface area contributed by atoms with Gasteiger partial charge in [0, 0.05) is 17.5 Å². The molecule has 33 heavy (non-hydrogen) atoms. The number of para-hydroxylation sites is 1. The number of amides is 2. The van der Waals surface area contributed by atoms with Crippen molar-refractivity contribution in [2.75, 3.05) is 10.6 Å². The number of aromatic nitrogens is 4. The maximum atomic E-state index is 12.3. The van der Waals surface area contributed by atoms with Gasteiger partial charge in [-0.15, -0.1) is 0 Å². The van der Waals surface area contributed by atoms with E-state index < -0.39 is 0 Å². The molecule has 170 valence electrons. The summed E-state index contributed by atoms with van der Waals surface area (Å²) in [6, 6.07) is 11.1. The number of anilines is 2. The molecule has 9 heteroatoms. The number of nitrogens with one attached hydrogen (secondary N) is 2. The largest absolute Gasteiger partial charge is 0.463 e.